The van der Waals surface area contributed by atoms with Crippen molar-refractivity contribution in [2.45, 2.75) is 18.3 Å². The Morgan fingerprint density at radius 3 is 2.50 bits per heavy atom. The molecule has 0 radical (unpaired) electrons. The van der Waals surface area contributed by atoms with E-state index in [0.29, 0.717) is 0 Å². The van der Waals surface area contributed by atoms with Crippen molar-refractivity contribution < 1.29 is 0 Å². The van der Waals surface area contributed by atoms with Crippen LogP contribution in [0, 0.1) is 0 Å². The third-order valence-electron chi connectivity index (χ3n) is 3.66. The van der Waals surface area contributed by atoms with Gasteiger partial charge in [0.2, 0.25) is 0 Å². The minimum absolute atomic E-state index is 0.288. The summed E-state index contributed by atoms with van der Waals surface area (Å²) >= 11 is 3.52. The predicted molar refractivity (Wildman–Crippen MR) is 71.6 cm³/mol. The van der Waals surface area contributed by atoms with Gasteiger partial charge in [0.15, 0.2) is 0 Å². The van der Waals surface area contributed by atoms with Crippen molar-refractivity contribution in [3.05, 3.63) is 46.4 Å². The molecule has 16 heavy (non-hydrogen) atoms. The molecule has 2 aromatic rings. The van der Waals surface area contributed by atoms with Crippen LogP contribution in [0.4, 0.5) is 0 Å². The average molecular weight is 276 g/mol. The summed E-state index contributed by atoms with van der Waals surface area (Å²) in [4.78, 5) is 0. The van der Waals surface area contributed by atoms with Crippen LogP contribution in [0.25, 0.3) is 10.8 Å². The standard InChI is InChI=1S/C14H14BrN/c15-13-4-2-10-1-3-12(7-11(10)8-13)14(9-16)5-6-14/h1-4,7-8H,5-6,9,16H2. The Kier molecular flexibility index (Phi) is 2.30. The molecule has 2 aromatic carbocycles. The van der Waals surface area contributed by atoms with E-state index >= 15 is 0 Å². The summed E-state index contributed by atoms with van der Waals surface area (Å²) in [6, 6.07) is 13.1. The van der Waals surface area contributed by atoms with E-state index in [4.69, 9.17) is 5.73 Å². The highest BCUT2D eigenvalue weighted by molar-refractivity contribution is 9.10. The molecule has 82 valence electrons. The van der Waals surface area contributed by atoms with Crippen molar-refractivity contribution in [2.24, 2.45) is 5.73 Å². The molecule has 3 rings (SSSR count). The van der Waals surface area contributed by atoms with Crippen LogP contribution in [-0.2, 0) is 5.41 Å². The Hall–Kier alpha value is -0.860. The smallest absolute Gasteiger partial charge is 0.0181 e. The van der Waals surface area contributed by atoms with Crippen LogP contribution in [0.3, 0.4) is 0 Å². The molecule has 1 aliphatic rings. The topological polar surface area (TPSA) is 26.0 Å². The fraction of sp³-hybridized carbons (Fsp3) is 0.286. The highest BCUT2D eigenvalue weighted by Gasteiger charge is 2.42. The molecule has 0 saturated heterocycles. The third kappa shape index (κ3) is 1.57. The first kappa shape index (κ1) is 10.3. The number of halogens is 1. The van der Waals surface area contributed by atoms with Gasteiger partial charge >= 0.3 is 0 Å². The van der Waals surface area contributed by atoms with E-state index in [0.717, 1.165) is 11.0 Å². The van der Waals surface area contributed by atoms with Gasteiger partial charge in [0.1, 0.15) is 0 Å². The lowest BCUT2D eigenvalue weighted by Crippen LogP contribution is -2.19. The van der Waals surface area contributed by atoms with Gasteiger partial charge in [-0.25, -0.2) is 0 Å². The molecule has 0 atom stereocenters. The van der Waals surface area contributed by atoms with E-state index in [1.54, 1.807) is 0 Å². The summed E-state index contributed by atoms with van der Waals surface area (Å²) < 4.78 is 1.13. The van der Waals surface area contributed by atoms with Gasteiger partial charge in [0.25, 0.3) is 0 Å². The fourth-order valence-corrected chi connectivity index (χ4v) is 2.69. The van der Waals surface area contributed by atoms with E-state index in [1.165, 1.54) is 29.2 Å². The van der Waals surface area contributed by atoms with Crippen molar-refractivity contribution in [2.75, 3.05) is 6.54 Å². The van der Waals surface area contributed by atoms with E-state index < -0.39 is 0 Å². The predicted octanol–water partition coefficient (Wildman–Crippen LogP) is 3.59. The van der Waals surface area contributed by atoms with Crippen LogP contribution in [0.5, 0.6) is 0 Å². The Morgan fingerprint density at radius 1 is 1.06 bits per heavy atom. The lowest BCUT2D eigenvalue weighted by atomic mass is 9.94. The van der Waals surface area contributed by atoms with Crippen LogP contribution >= 0.6 is 15.9 Å². The number of nitrogens with two attached hydrogens (primary N) is 1. The van der Waals surface area contributed by atoms with Gasteiger partial charge in [0, 0.05) is 16.4 Å². The number of hydrogen-bond donors (Lipinski definition) is 1. The molecule has 0 aliphatic heterocycles. The number of fused-ring (bicyclic) bond motifs is 1. The molecule has 0 bridgehead atoms. The van der Waals surface area contributed by atoms with Crippen LogP contribution in [-0.4, -0.2) is 6.54 Å². The van der Waals surface area contributed by atoms with Crippen LogP contribution in [0.1, 0.15) is 18.4 Å². The molecule has 2 heteroatoms. The van der Waals surface area contributed by atoms with Gasteiger partial charge < -0.3 is 5.73 Å². The quantitative estimate of drug-likeness (QED) is 0.891. The summed E-state index contributed by atoms with van der Waals surface area (Å²) in [5.74, 6) is 0. The number of hydrogen-bond acceptors (Lipinski definition) is 1. The third-order valence-corrected chi connectivity index (χ3v) is 4.15. The lowest BCUT2D eigenvalue weighted by Gasteiger charge is -2.13. The summed E-state index contributed by atoms with van der Waals surface area (Å²) in [6.45, 7) is 0.770. The number of benzene rings is 2. The maximum absolute atomic E-state index is 5.87. The average Bonchev–Trinajstić information content (AvgIpc) is 3.09. The second-order valence-electron chi connectivity index (χ2n) is 4.69. The Bertz CT molecular complexity index is 543. The summed E-state index contributed by atoms with van der Waals surface area (Å²) in [5, 5.41) is 2.59. The van der Waals surface area contributed by atoms with Crippen molar-refractivity contribution in [3.63, 3.8) is 0 Å². The van der Waals surface area contributed by atoms with Gasteiger partial charge in [-0.15, -0.1) is 0 Å². The van der Waals surface area contributed by atoms with E-state index in [-0.39, 0.29) is 5.41 Å². The Morgan fingerprint density at radius 2 is 1.81 bits per heavy atom. The highest BCUT2D eigenvalue weighted by atomic mass is 79.9. The summed E-state index contributed by atoms with van der Waals surface area (Å²) in [5.41, 5.74) is 7.56. The first-order valence-electron chi connectivity index (χ1n) is 5.63. The van der Waals surface area contributed by atoms with Crippen LogP contribution in [0.15, 0.2) is 40.9 Å². The minimum atomic E-state index is 0.288. The molecule has 2 N–H and O–H groups in total. The molecule has 0 spiro atoms. The van der Waals surface area contributed by atoms with Gasteiger partial charge in [-0.2, -0.15) is 0 Å². The highest BCUT2D eigenvalue weighted by Crippen LogP contribution is 2.47. The zero-order valence-corrected chi connectivity index (χ0v) is 10.6. The molecular formula is C14H14BrN. The molecule has 0 unspecified atom stereocenters. The largest absolute Gasteiger partial charge is 0.330 e. The van der Waals surface area contributed by atoms with Crippen molar-refractivity contribution in [1.29, 1.82) is 0 Å². The molecule has 0 aromatic heterocycles. The zero-order chi connectivity index (χ0) is 11.2. The molecule has 1 nitrogen and oxygen atoms in total. The van der Waals surface area contributed by atoms with Crippen LogP contribution < -0.4 is 5.73 Å². The van der Waals surface area contributed by atoms with Crippen molar-refractivity contribution in [1.82, 2.24) is 0 Å². The second kappa shape index (κ2) is 3.57. The van der Waals surface area contributed by atoms with Crippen LogP contribution in [0.2, 0.25) is 0 Å². The van der Waals surface area contributed by atoms with Gasteiger partial charge in [-0.1, -0.05) is 40.2 Å². The van der Waals surface area contributed by atoms with Gasteiger partial charge in [-0.3, -0.25) is 0 Å². The molecule has 0 amide bonds. The Labute approximate surface area is 104 Å². The first-order valence-corrected chi connectivity index (χ1v) is 6.43. The Balaban J connectivity index is 2.15. The van der Waals surface area contributed by atoms with Gasteiger partial charge in [0.05, 0.1) is 0 Å². The SMILES string of the molecule is NCC1(c2ccc3ccc(Br)cc3c2)CC1. The minimum Gasteiger partial charge on any atom is -0.330 e. The van der Waals surface area contributed by atoms with Gasteiger partial charge in [-0.05, 0) is 41.3 Å². The maximum Gasteiger partial charge on any atom is 0.0181 e. The fourth-order valence-electron chi connectivity index (χ4n) is 2.31. The zero-order valence-electron chi connectivity index (χ0n) is 9.04. The number of rotatable bonds is 2. The van der Waals surface area contributed by atoms with E-state index in [2.05, 4.69) is 52.3 Å². The maximum atomic E-state index is 5.87. The summed E-state index contributed by atoms with van der Waals surface area (Å²) in [7, 11) is 0. The first-order chi connectivity index (χ1) is 7.73. The molecule has 1 saturated carbocycles. The normalized spacial score (nSPS) is 17.6. The monoisotopic (exact) mass is 275 g/mol. The van der Waals surface area contributed by atoms with Crippen molar-refractivity contribution in [3.8, 4) is 0 Å². The lowest BCUT2D eigenvalue weighted by molar-refractivity contribution is 0.706. The summed E-state index contributed by atoms with van der Waals surface area (Å²) in [6.07, 6.45) is 2.48. The molecule has 0 heterocycles. The molecule has 1 aliphatic carbocycles. The molecular weight excluding hydrogens is 262 g/mol. The molecule has 1 fully saturated rings. The van der Waals surface area contributed by atoms with E-state index in [1.807, 2.05) is 0 Å². The van der Waals surface area contributed by atoms with E-state index in [9.17, 15) is 0 Å². The second-order valence-corrected chi connectivity index (χ2v) is 5.61. The van der Waals surface area contributed by atoms with Crippen molar-refractivity contribution >= 4 is 26.7 Å².